The van der Waals surface area contributed by atoms with E-state index in [1.165, 1.54) is 17.7 Å². The van der Waals surface area contributed by atoms with Gasteiger partial charge in [0.05, 0.1) is 6.10 Å². The van der Waals surface area contributed by atoms with Crippen molar-refractivity contribution in [1.82, 2.24) is 4.98 Å². The lowest BCUT2D eigenvalue weighted by molar-refractivity contribution is 0.173. The molecule has 1 aromatic heterocycles. The molecule has 2 rings (SSSR count). The monoisotopic (exact) mass is 247 g/mol. The maximum Gasteiger partial charge on any atom is 0.123 e. The minimum absolute atomic E-state index is 0.254. The van der Waals surface area contributed by atoms with Crippen molar-refractivity contribution >= 4 is 0 Å². The van der Waals surface area contributed by atoms with E-state index in [0.717, 1.165) is 22.5 Å². The number of hydrogen-bond acceptors (Lipinski definition) is 1. The molecule has 0 saturated carbocycles. The molecule has 0 radical (unpaired) electrons. The van der Waals surface area contributed by atoms with Crippen molar-refractivity contribution in [3.63, 3.8) is 0 Å². The van der Waals surface area contributed by atoms with Gasteiger partial charge in [-0.1, -0.05) is 12.1 Å². The van der Waals surface area contributed by atoms with Crippen molar-refractivity contribution in [2.45, 2.75) is 33.3 Å². The fraction of sp³-hybridized carbons (Fsp3) is 0.333. The van der Waals surface area contributed by atoms with Crippen LogP contribution in [0, 0.1) is 26.6 Å². The van der Waals surface area contributed by atoms with Gasteiger partial charge in [-0.25, -0.2) is 4.39 Å². The minimum Gasteiger partial charge on any atom is -0.387 e. The Balaban J connectivity index is 2.19. The van der Waals surface area contributed by atoms with Crippen molar-refractivity contribution in [2.24, 2.45) is 0 Å². The number of aryl methyl sites for hydroxylation is 1. The van der Waals surface area contributed by atoms with Crippen molar-refractivity contribution in [2.75, 3.05) is 0 Å². The van der Waals surface area contributed by atoms with Gasteiger partial charge in [-0.2, -0.15) is 0 Å². The van der Waals surface area contributed by atoms with Crippen LogP contribution in [0.15, 0.2) is 24.3 Å². The van der Waals surface area contributed by atoms with Crippen LogP contribution < -0.4 is 0 Å². The molecule has 0 aliphatic rings. The summed E-state index contributed by atoms with van der Waals surface area (Å²) in [5.74, 6) is -0.254. The normalized spacial score (nSPS) is 12.7. The van der Waals surface area contributed by atoms with Crippen LogP contribution in [0.3, 0.4) is 0 Å². The maximum absolute atomic E-state index is 12.8. The van der Waals surface area contributed by atoms with Crippen LogP contribution in [0.1, 0.15) is 34.2 Å². The summed E-state index contributed by atoms with van der Waals surface area (Å²) in [5, 5.41) is 10.2. The number of aromatic amines is 1. The molecule has 0 aliphatic heterocycles. The highest BCUT2D eigenvalue weighted by molar-refractivity contribution is 5.36. The minimum atomic E-state index is -0.581. The summed E-state index contributed by atoms with van der Waals surface area (Å²) in [6, 6.07) is 6.24. The molecule has 2 N–H and O–H groups in total. The van der Waals surface area contributed by atoms with Crippen LogP contribution in [0.5, 0.6) is 0 Å². The first kappa shape index (κ1) is 12.8. The molecule has 3 heteroatoms. The van der Waals surface area contributed by atoms with Crippen molar-refractivity contribution in [1.29, 1.82) is 0 Å². The molecule has 0 saturated heterocycles. The molecule has 2 aromatic rings. The van der Waals surface area contributed by atoms with Gasteiger partial charge in [-0.15, -0.1) is 0 Å². The zero-order chi connectivity index (χ0) is 13.3. The number of rotatable bonds is 3. The Morgan fingerprint density at radius 3 is 2.22 bits per heavy atom. The molecule has 18 heavy (non-hydrogen) atoms. The number of halogens is 1. The lowest BCUT2D eigenvalue weighted by Gasteiger charge is -2.10. The number of aromatic nitrogens is 1. The Hall–Kier alpha value is -1.61. The van der Waals surface area contributed by atoms with Gasteiger partial charge in [0.25, 0.3) is 0 Å². The molecule has 0 aliphatic carbocycles. The van der Waals surface area contributed by atoms with Crippen molar-refractivity contribution in [3.05, 3.63) is 58.2 Å². The number of benzene rings is 1. The molecule has 1 heterocycles. The van der Waals surface area contributed by atoms with Gasteiger partial charge >= 0.3 is 0 Å². The standard InChI is InChI=1S/C15H18FNO/c1-9-10(2)15(17-11(9)3)14(18)8-12-4-6-13(16)7-5-12/h4-7,14,17-18H,8H2,1-3H3. The second-order valence-electron chi connectivity index (χ2n) is 4.76. The molecular formula is C15H18FNO. The van der Waals surface area contributed by atoms with E-state index >= 15 is 0 Å². The van der Waals surface area contributed by atoms with Crippen LogP contribution in [-0.4, -0.2) is 10.1 Å². The highest BCUT2D eigenvalue weighted by atomic mass is 19.1. The zero-order valence-electron chi connectivity index (χ0n) is 10.9. The fourth-order valence-electron chi connectivity index (χ4n) is 2.15. The Bertz CT molecular complexity index is 542. The Morgan fingerprint density at radius 2 is 1.72 bits per heavy atom. The largest absolute Gasteiger partial charge is 0.387 e. The van der Waals surface area contributed by atoms with E-state index in [1.807, 2.05) is 20.8 Å². The molecule has 0 spiro atoms. The van der Waals surface area contributed by atoms with Crippen LogP contribution >= 0.6 is 0 Å². The van der Waals surface area contributed by atoms with Gasteiger partial charge in [0, 0.05) is 17.8 Å². The summed E-state index contributed by atoms with van der Waals surface area (Å²) in [4.78, 5) is 3.22. The molecule has 0 fully saturated rings. The molecule has 1 atom stereocenters. The van der Waals surface area contributed by atoms with E-state index in [2.05, 4.69) is 4.98 Å². The third-order valence-electron chi connectivity index (χ3n) is 3.53. The summed E-state index contributed by atoms with van der Waals surface area (Å²) >= 11 is 0. The first-order valence-electron chi connectivity index (χ1n) is 6.07. The first-order chi connectivity index (χ1) is 8.49. The van der Waals surface area contributed by atoms with Gasteiger partial charge in [0.1, 0.15) is 5.82 Å². The van der Waals surface area contributed by atoms with Crippen LogP contribution in [0.2, 0.25) is 0 Å². The Labute approximate surface area is 106 Å². The summed E-state index contributed by atoms with van der Waals surface area (Å²) in [6.45, 7) is 6.04. The quantitative estimate of drug-likeness (QED) is 0.857. The number of nitrogens with one attached hydrogen (secondary N) is 1. The summed E-state index contributed by atoms with van der Waals surface area (Å²) in [6.07, 6.45) is -0.0941. The highest BCUT2D eigenvalue weighted by Crippen LogP contribution is 2.25. The van der Waals surface area contributed by atoms with Gasteiger partial charge < -0.3 is 10.1 Å². The molecule has 96 valence electrons. The molecule has 1 aromatic carbocycles. The number of H-pyrrole nitrogens is 1. The lowest BCUT2D eigenvalue weighted by atomic mass is 10.0. The fourth-order valence-corrected chi connectivity index (χ4v) is 2.15. The zero-order valence-corrected chi connectivity index (χ0v) is 10.9. The predicted molar refractivity (Wildman–Crippen MR) is 70.1 cm³/mol. The smallest absolute Gasteiger partial charge is 0.123 e. The van der Waals surface area contributed by atoms with E-state index in [9.17, 15) is 9.50 Å². The predicted octanol–water partition coefficient (Wildman–Crippen LogP) is 3.36. The molecule has 2 nitrogen and oxygen atoms in total. The summed E-state index contributed by atoms with van der Waals surface area (Å²) in [7, 11) is 0. The molecule has 1 unspecified atom stereocenters. The SMILES string of the molecule is Cc1[nH]c(C(O)Cc2ccc(F)cc2)c(C)c1C. The highest BCUT2D eigenvalue weighted by Gasteiger charge is 2.16. The Kier molecular flexibility index (Phi) is 3.53. The topological polar surface area (TPSA) is 36.0 Å². The van der Waals surface area contributed by atoms with Gasteiger partial charge in [0.15, 0.2) is 0 Å². The molecule has 0 amide bonds. The number of aliphatic hydroxyl groups is 1. The molecule has 0 bridgehead atoms. The average Bonchev–Trinajstić information content (AvgIpc) is 2.60. The maximum atomic E-state index is 12.8. The van der Waals surface area contributed by atoms with Crippen LogP contribution in [0.4, 0.5) is 4.39 Å². The average molecular weight is 247 g/mol. The van der Waals surface area contributed by atoms with Crippen molar-refractivity contribution < 1.29 is 9.50 Å². The van der Waals surface area contributed by atoms with Gasteiger partial charge in [-0.05, 0) is 49.6 Å². The third kappa shape index (κ3) is 2.46. The third-order valence-corrected chi connectivity index (χ3v) is 3.53. The number of hydrogen-bond donors (Lipinski definition) is 2. The molecular weight excluding hydrogens is 229 g/mol. The van der Waals surface area contributed by atoms with E-state index < -0.39 is 6.10 Å². The van der Waals surface area contributed by atoms with Crippen LogP contribution in [-0.2, 0) is 6.42 Å². The Morgan fingerprint density at radius 1 is 1.11 bits per heavy atom. The van der Waals surface area contributed by atoms with Gasteiger partial charge in [-0.3, -0.25) is 0 Å². The second-order valence-corrected chi connectivity index (χ2v) is 4.76. The van der Waals surface area contributed by atoms with E-state index in [4.69, 9.17) is 0 Å². The summed E-state index contributed by atoms with van der Waals surface area (Å²) < 4.78 is 12.8. The van der Waals surface area contributed by atoms with Crippen LogP contribution in [0.25, 0.3) is 0 Å². The van der Waals surface area contributed by atoms with E-state index in [0.29, 0.717) is 6.42 Å². The lowest BCUT2D eigenvalue weighted by Crippen LogP contribution is -2.04. The van der Waals surface area contributed by atoms with Crippen molar-refractivity contribution in [3.8, 4) is 0 Å². The second kappa shape index (κ2) is 4.94. The first-order valence-corrected chi connectivity index (χ1v) is 6.07. The number of aliphatic hydroxyl groups excluding tert-OH is 1. The van der Waals surface area contributed by atoms with E-state index in [1.54, 1.807) is 12.1 Å². The van der Waals surface area contributed by atoms with E-state index in [-0.39, 0.29) is 5.82 Å². The summed E-state index contributed by atoms with van der Waals surface area (Å²) in [5.41, 5.74) is 5.15. The van der Waals surface area contributed by atoms with Gasteiger partial charge in [0.2, 0.25) is 0 Å².